The molecule has 2 aromatic rings. The van der Waals surface area contributed by atoms with Crippen molar-refractivity contribution in [2.75, 3.05) is 0 Å². The first-order chi connectivity index (χ1) is 6.59. The number of fused-ring (bicyclic) bond motifs is 1. The van der Waals surface area contributed by atoms with Gasteiger partial charge in [0.25, 0.3) is 0 Å². The standard InChI is InChI=1S/C12H14FN/c1-8(2)10-7-12-9(6-11(10)13)4-5-14(12)3/h4-8H,1-3H3. The zero-order chi connectivity index (χ0) is 10.3. The van der Waals surface area contributed by atoms with Gasteiger partial charge in [-0.15, -0.1) is 0 Å². The fraction of sp³-hybridized carbons (Fsp3) is 0.333. The van der Waals surface area contributed by atoms with Gasteiger partial charge in [0.05, 0.1) is 0 Å². The number of hydrogen-bond donors (Lipinski definition) is 0. The Morgan fingerprint density at radius 3 is 2.64 bits per heavy atom. The third-order valence-electron chi connectivity index (χ3n) is 2.63. The van der Waals surface area contributed by atoms with Crippen LogP contribution in [-0.4, -0.2) is 4.57 Å². The molecular weight excluding hydrogens is 177 g/mol. The highest BCUT2D eigenvalue weighted by Gasteiger charge is 2.09. The van der Waals surface area contributed by atoms with Crippen LogP contribution in [0.4, 0.5) is 4.39 Å². The molecule has 0 amide bonds. The molecule has 0 saturated heterocycles. The molecule has 0 unspecified atom stereocenters. The summed E-state index contributed by atoms with van der Waals surface area (Å²) in [6.07, 6.45) is 1.95. The maximum atomic E-state index is 13.6. The van der Waals surface area contributed by atoms with Crippen LogP contribution in [-0.2, 0) is 7.05 Å². The molecule has 0 spiro atoms. The van der Waals surface area contributed by atoms with E-state index in [1.54, 1.807) is 6.07 Å². The lowest BCUT2D eigenvalue weighted by Crippen LogP contribution is -1.94. The summed E-state index contributed by atoms with van der Waals surface area (Å²) in [6.45, 7) is 4.01. The number of aryl methyl sites for hydroxylation is 1. The molecule has 14 heavy (non-hydrogen) atoms. The molecule has 1 nitrogen and oxygen atoms in total. The second-order valence-electron chi connectivity index (χ2n) is 4.01. The summed E-state index contributed by atoms with van der Waals surface area (Å²) in [7, 11) is 1.98. The first kappa shape index (κ1) is 9.25. The topological polar surface area (TPSA) is 4.93 Å². The zero-order valence-corrected chi connectivity index (χ0v) is 8.71. The van der Waals surface area contributed by atoms with Crippen LogP contribution in [0.2, 0.25) is 0 Å². The Morgan fingerprint density at radius 2 is 2.00 bits per heavy atom. The van der Waals surface area contributed by atoms with Crippen molar-refractivity contribution in [1.82, 2.24) is 4.57 Å². The summed E-state index contributed by atoms with van der Waals surface area (Å²) in [5, 5.41) is 0.967. The quantitative estimate of drug-likeness (QED) is 0.650. The van der Waals surface area contributed by atoms with E-state index in [9.17, 15) is 4.39 Å². The molecular formula is C12H14FN. The number of halogens is 1. The Balaban J connectivity index is 2.74. The lowest BCUT2D eigenvalue weighted by molar-refractivity contribution is 0.600. The van der Waals surface area contributed by atoms with Crippen LogP contribution in [0.3, 0.4) is 0 Å². The van der Waals surface area contributed by atoms with Crippen LogP contribution in [0.25, 0.3) is 10.9 Å². The Labute approximate surface area is 83.2 Å². The lowest BCUT2D eigenvalue weighted by atomic mass is 10.0. The van der Waals surface area contributed by atoms with Crippen LogP contribution in [0.15, 0.2) is 24.4 Å². The van der Waals surface area contributed by atoms with E-state index in [2.05, 4.69) is 0 Å². The van der Waals surface area contributed by atoms with E-state index >= 15 is 0 Å². The van der Waals surface area contributed by atoms with Crippen molar-refractivity contribution in [3.63, 3.8) is 0 Å². The third kappa shape index (κ3) is 1.31. The molecule has 1 aromatic heterocycles. The molecule has 2 rings (SSSR count). The fourth-order valence-electron chi connectivity index (χ4n) is 1.75. The van der Waals surface area contributed by atoms with E-state index < -0.39 is 0 Å². The van der Waals surface area contributed by atoms with E-state index in [0.717, 1.165) is 16.5 Å². The van der Waals surface area contributed by atoms with E-state index in [1.165, 1.54) is 0 Å². The Morgan fingerprint density at radius 1 is 1.29 bits per heavy atom. The number of rotatable bonds is 1. The average Bonchev–Trinajstić information content (AvgIpc) is 2.46. The highest BCUT2D eigenvalue weighted by molar-refractivity contribution is 5.81. The van der Waals surface area contributed by atoms with Gasteiger partial charge < -0.3 is 4.57 Å². The molecule has 0 bridgehead atoms. The molecule has 0 aliphatic heterocycles. The predicted octanol–water partition coefficient (Wildman–Crippen LogP) is 3.44. The number of benzene rings is 1. The van der Waals surface area contributed by atoms with Gasteiger partial charge in [0.2, 0.25) is 0 Å². The minimum atomic E-state index is -0.0984. The third-order valence-corrected chi connectivity index (χ3v) is 2.63. The highest BCUT2D eigenvalue weighted by atomic mass is 19.1. The van der Waals surface area contributed by atoms with Crippen molar-refractivity contribution in [1.29, 1.82) is 0 Å². The maximum Gasteiger partial charge on any atom is 0.127 e. The minimum Gasteiger partial charge on any atom is -0.351 e. The molecule has 2 heteroatoms. The van der Waals surface area contributed by atoms with Crippen molar-refractivity contribution >= 4 is 10.9 Å². The van der Waals surface area contributed by atoms with Gasteiger partial charge in [-0.1, -0.05) is 13.8 Å². The van der Waals surface area contributed by atoms with E-state index in [4.69, 9.17) is 0 Å². The summed E-state index contributed by atoms with van der Waals surface area (Å²) in [5.74, 6) is 0.132. The summed E-state index contributed by atoms with van der Waals surface area (Å²) in [5.41, 5.74) is 1.88. The molecule has 0 N–H and O–H groups in total. The van der Waals surface area contributed by atoms with Gasteiger partial charge in [-0.05, 0) is 29.7 Å². The predicted molar refractivity (Wildman–Crippen MR) is 57.0 cm³/mol. The lowest BCUT2D eigenvalue weighted by Gasteiger charge is -2.07. The molecule has 0 aliphatic rings. The second-order valence-corrected chi connectivity index (χ2v) is 4.01. The smallest absolute Gasteiger partial charge is 0.127 e. The van der Waals surface area contributed by atoms with Crippen molar-refractivity contribution in [2.45, 2.75) is 19.8 Å². The zero-order valence-electron chi connectivity index (χ0n) is 8.71. The van der Waals surface area contributed by atoms with E-state index in [-0.39, 0.29) is 11.7 Å². The average molecular weight is 191 g/mol. The molecule has 0 fully saturated rings. The molecule has 0 radical (unpaired) electrons. The monoisotopic (exact) mass is 191 g/mol. The van der Waals surface area contributed by atoms with E-state index in [0.29, 0.717) is 0 Å². The largest absolute Gasteiger partial charge is 0.351 e. The molecule has 0 saturated carbocycles. The normalized spacial score (nSPS) is 11.5. The number of hydrogen-bond acceptors (Lipinski definition) is 0. The Bertz CT molecular complexity index is 468. The first-order valence-electron chi connectivity index (χ1n) is 4.84. The summed E-state index contributed by atoms with van der Waals surface area (Å²) < 4.78 is 15.6. The minimum absolute atomic E-state index is 0.0984. The van der Waals surface area contributed by atoms with Crippen molar-refractivity contribution in [3.05, 3.63) is 35.8 Å². The van der Waals surface area contributed by atoms with Crippen LogP contribution in [0.1, 0.15) is 25.3 Å². The highest BCUT2D eigenvalue weighted by Crippen LogP contribution is 2.24. The molecule has 0 atom stereocenters. The van der Waals surface area contributed by atoms with Crippen molar-refractivity contribution < 1.29 is 4.39 Å². The first-order valence-corrected chi connectivity index (χ1v) is 4.84. The van der Waals surface area contributed by atoms with Gasteiger partial charge >= 0.3 is 0 Å². The molecule has 0 aliphatic carbocycles. The van der Waals surface area contributed by atoms with Gasteiger partial charge in [0, 0.05) is 24.1 Å². The fourth-order valence-corrected chi connectivity index (χ4v) is 1.75. The van der Waals surface area contributed by atoms with Crippen LogP contribution in [0.5, 0.6) is 0 Å². The van der Waals surface area contributed by atoms with Crippen molar-refractivity contribution in [3.8, 4) is 0 Å². The summed E-state index contributed by atoms with van der Waals surface area (Å²) in [4.78, 5) is 0. The van der Waals surface area contributed by atoms with Gasteiger partial charge in [0.1, 0.15) is 5.82 Å². The molecule has 1 aromatic carbocycles. The Hall–Kier alpha value is -1.31. The van der Waals surface area contributed by atoms with Crippen LogP contribution < -0.4 is 0 Å². The Kier molecular flexibility index (Phi) is 2.06. The van der Waals surface area contributed by atoms with Gasteiger partial charge in [0.15, 0.2) is 0 Å². The SMILES string of the molecule is CC(C)c1cc2c(ccn2C)cc1F. The maximum absolute atomic E-state index is 13.6. The number of aromatic nitrogens is 1. The van der Waals surface area contributed by atoms with Crippen molar-refractivity contribution in [2.24, 2.45) is 7.05 Å². The second kappa shape index (κ2) is 3.12. The van der Waals surface area contributed by atoms with Gasteiger partial charge in [-0.3, -0.25) is 0 Å². The van der Waals surface area contributed by atoms with Crippen LogP contribution >= 0.6 is 0 Å². The van der Waals surface area contributed by atoms with E-state index in [1.807, 2.05) is 43.8 Å². The van der Waals surface area contributed by atoms with Gasteiger partial charge in [-0.2, -0.15) is 0 Å². The van der Waals surface area contributed by atoms with Gasteiger partial charge in [-0.25, -0.2) is 4.39 Å². The summed E-state index contributed by atoms with van der Waals surface area (Å²) in [6, 6.07) is 5.49. The molecule has 74 valence electrons. The molecule has 1 heterocycles. The number of nitrogens with zero attached hydrogens (tertiary/aromatic N) is 1. The van der Waals surface area contributed by atoms with Crippen LogP contribution in [0, 0.1) is 5.82 Å². The summed E-state index contributed by atoms with van der Waals surface area (Å²) >= 11 is 0.